The van der Waals surface area contributed by atoms with Gasteiger partial charge in [-0.3, -0.25) is 33.9 Å². The van der Waals surface area contributed by atoms with Crippen molar-refractivity contribution in [2.45, 2.75) is 38.1 Å². The van der Waals surface area contributed by atoms with Crippen LogP contribution in [0, 0.1) is 11.6 Å². The number of halogens is 2. The number of amides is 4. The van der Waals surface area contributed by atoms with Crippen LogP contribution in [-0.2, 0) is 9.59 Å². The number of thioether (sulfide) groups is 2. The molecule has 39 heavy (non-hydrogen) atoms. The van der Waals surface area contributed by atoms with Crippen LogP contribution in [0.15, 0.2) is 58.3 Å². The summed E-state index contributed by atoms with van der Waals surface area (Å²) in [5.41, 5.74) is 1.19. The van der Waals surface area contributed by atoms with Gasteiger partial charge in [0.1, 0.15) is 11.6 Å². The summed E-state index contributed by atoms with van der Waals surface area (Å²) in [6.07, 6.45) is 7.76. The first-order valence-electron chi connectivity index (χ1n) is 12.5. The van der Waals surface area contributed by atoms with Gasteiger partial charge < -0.3 is 0 Å². The maximum atomic E-state index is 13.3. The molecule has 0 spiro atoms. The van der Waals surface area contributed by atoms with Crippen LogP contribution in [0.4, 0.5) is 18.4 Å². The van der Waals surface area contributed by atoms with Crippen LogP contribution in [0.2, 0.25) is 0 Å². The Morgan fingerprint density at radius 2 is 1.10 bits per heavy atom. The number of imide groups is 2. The smallest absolute Gasteiger partial charge is 0.268 e. The molecule has 0 atom stereocenters. The third-order valence-electron chi connectivity index (χ3n) is 6.82. The van der Waals surface area contributed by atoms with E-state index in [1.807, 2.05) is 4.90 Å². The molecule has 3 aliphatic rings. The summed E-state index contributed by atoms with van der Waals surface area (Å²) in [4.78, 5) is 56.6. The zero-order chi connectivity index (χ0) is 27.5. The van der Waals surface area contributed by atoms with Crippen LogP contribution < -0.4 is 0 Å². The molecular weight excluding hydrogens is 544 g/mol. The topological polar surface area (TPSA) is 78.0 Å². The predicted molar refractivity (Wildman–Crippen MR) is 147 cm³/mol. The fourth-order valence-electron chi connectivity index (χ4n) is 4.75. The standard InChI is InChI=1S/C28H25F2N3O4S2/c29-20-10-6-18(7-11-20)14-23-25(34)32(27(36)38-23)16-31(22-4-2-1-3-5-22)17-33-26(35)24(39-28(33)37)15-19-8-12-21(30)13-9-19/h6-15,22H,1-5,16-17H2/b23-14+,24-15+. The minimum Gasteiger partial charge on any atom is -0.268 e. The highest BCUT2D eigenvalue weighted by atomic mass is 32.2. The van der Waals surface area contributed by atoms with E-state index in [4.69, 9.17) is 0 Å². The summed E-state index contributed by atoms with van der Waals surface area (Å²) < 4.78 is 26.5. The molecule has 2 aromatic carbocycles. The second-order valence-corrected chi connectivity index (χ2v) is 11.5. The molecule has 2 heterocycles. The van der Waals surface area contributed by atoms with Crippen molar-refractivity contribution in [3.63, 3.8) is 0 Å². The van der Waals surface area contributed by atoms with E-state index in [0.29, 0.717) is 11.1 Å². The lowest BCUT2D eigenvalue weighted by Crippen LogP contribution is -2.51. The molecule has 3 fully saturated rings. The second kappa shape index (κ2) is 11.8. The number of carbonyl (C=O) groups excluding carboxylic acids is 4. The largest absolute Gasteiger partial charge is 0.294 e. The van der Waals surface area contributed by atoms with Gasteiger partial charge >= 0.3 is 0 Å². The fourth-order valence-corrected chi connectivity index (χ4v) is 6.41. The molecule has 202 valence electrons. The molecule has 7 nitrogen and oxygen atoms in total. The molecule has 0 aromatic heterocycles. The van der Waals surface area contributed by atoms with Crippen LogP contribution in [0.3, 0.4) is 0 Å². The Bertz CT molecular complexity index is 1260. The first kappa shape index (κ1) is 27.3. The highest BCUT2D eigenvalue weighted by molar-refractivity contribution is 8.18. The maximum absolute atomic E-state index is 13.3. The number of hydrogen-bond donors (Lipinski definition) is 0. The van der Waals surface area contributed by atoms with E-state index in [1.54, 1.807) is 12.2 Å². The molecule has 1 saturated carbocycles. The molecule has 0 bridgehead atoms. The zero-order valence-corrected chi connectivity index (χ0v) is 22.5. The fraction of sp³-hybridized carbons (Fsp3) is 0.286. The Balaban J connectivity index is 1.34. The van der Waals surface area contributed by atoms with Gasteiger partial charge in [0, 0.05) is 6.04 Å². The van der Waals surface area contributed by atoms with Gasteiger partial charge in [-0.05, 0) is 83.9 Å². The van der Waals surface area contributed by atoms with Gasteiger partial charge in [0.2, 0.25) is 0 Å². The van der Waals surface area contributed by atoms with E-state index in [9.17, 15) is 28.0 Å². The van der Waals surface area contributed by atoms with Crippen LogP contribution in [0.25, 0.3) is 12.2 Å². The minimum absolute atomic E-state index is 0.00907. The summed E-state index contributed by atoms with van der Waals surface area (Å²) in [6, 6.07) is 11.2. The molecule has 1 aliphatic carbocycles. The number of benzene rings is 2. The van der Waals surface area contributed by atoms with Crippen molar-refractivity contribution in [3.05, 3.63) is 81.1 Å². The first-order chi connectivity index (χ1) is 18.8. The van der Waals surface area contributed by atoms with Crippen molar-refractivity contribution < 1.29 is 28.0 Å². The molecule has 0 N–H and O–H groups in total. The molecule has 0 radical (unpaired) electrons. The van der Waals surface area contributed by atoms with E-state index in [1.165, 1.54) is 48.5 Å². The van der Waals surface area contributed by atoms with E-state index >= 15 is 0 Å². The Kier molecular flexibility index (Phi) is 8.29. The zero-order valence-electron chi connectivity index (χ0n) is 20.8. The first-order valence-corrected chi connectivity index (χ1v) is 14.2. The quantitative estimate of drug-likeness (QED) is 0.363. The average molecular weight is 570 g/mol. The third kappa shape index (κ3) is 6.32. The summed E-state index contributed by atoms with van der Waals surface area (Å²) in [5, 5.41) is -0.890. The summed E-state index contributed by atoms with van der Waals surface area (Å²) in [6.45, 7) is -0.121. The lowest BCUT2D eigenvalue weighted by atomic mass is 9.94. The SMILES string of the molecule is O=C1S/C(=C/c2ccc(F)cc2)C(=O)N1CN(CN1C(=O)S/C(=C/c2ccc(F)cc2)C1=O)C1CCCCC1. The van der Waals surface area contributed by atoms with Crippen LogP contribution in [0.5, 0.6) is 0 Å². The Morgan fingerprint density at radius 1 is 0.692 bits per heavy atom. The van der Waals surface area contributed by atoms with Gasteiger partial charge in [0.25, 0.3) is 22.3 Å². The second-order valence-electron chi connectivity index (χ2n) is 9.49. The molecule has 5 rings (SSSR count). The third-order valence-corrected chi connectivity index (χ3v) is 8.63. The van der Waals surface area contributed by atoms with Crippen LogP contribution >= 0.6 is 23.5 Å². The Labute approximate surface area is 232 Å². The molecule has 4 amide bonds. The van der Waals surface area contributed by atoms with E-state index in [0.717, 1.165) is 65.4 Å². The van der Waals surface area contributed by atoms with Gasteiger partial charge in [-0.15, -0.1) is 0 Å². The number of hydrogen-bond acceptors (Lipinski definition) is 7. The molecule has 2 aliphatic heterocycles. The number of carbonyl (C=O) groups is 4. The molecular formula is C28H25F2N3O4S2. The maximum Gasteiger partial charge on any atom is 0.294 e. The predicted octanol–water partition coefficient (Wildman–Crippen LogP) is 6.29. The minimum atomic E-state index is -0.472. The van der Waals surface area contributed by atoms with Crippen molar-refractivity contribution in [2.24, 2.45) is 0 Å². The van der Waals surface area contributed by atoms with Gasteiger partial charge in [-0.1, -0.05) is 43.5 Å². The average Bonchev–Trinajstić information content (AvgIpc) is 3.35. The molecule has 0 unspecified atom stereocenters. The summed E-state index contributed by atoms with van der Waals surface area (Å²) in [7, 11) is 0. The summed E-state index contributed by atoms with van der Waals surface area (Å²) >= 11 is 1.61. The summed E-state index contributed by atoms with van der Waals surface area (Å²) in [5.74, 6) is -1.74. The number of nitrogens with zero attached hydrogens (tertiary/aromatic N) is 3. The molecule has 11 heteroatoms. The van der Waals surface area contributed by atoms with E-state index in [-0.39, 0.29) is 29.2 Å². The van der Waals surface area contributed by atoms with E-state index in [2.05, 4.69) is 0 Å². The van der Waals surface area contributed by atoms with E-state index < -0.39 is 33.9 Å². The van der Waals surface area contributed by atoms with Crippen molar-refractivity contribution in [1.29, 1.82) is 0 Å². The van der Waals surface area contributed by atoms with Crippen molar-refractivity contribution in [2.75, 3.05) is 13.3 Å². The molecule has 2 aromatic rings. The van der Waals surface area contributed by atoms with Crippen molar-refractivity contribution >= 4 is 58.0 Å². The Morgan fingerprint density at radius 3 is 1.51 bits per heavy atom. The van der Waals surface area contributed by atoms with Gasteiger partial charge in [-0.2, -0.15) is 0 Å². The molecule has 2 saturated heterocycles. The van der Waals surface area contributed by atoms with Crippen molar-refractivity contribution in [1.82, 2.24) is 14.7 Å². The highest BCUT2D eigenvalue weighted by Gasteiger charge is 2.41. The number of rotatable bonds is 7. The monoisotopic (exact) mass is 569 g/mol. The normalized spacial score (nSPS) is 20.9. The Hall–Kier alpha value is -3.28. The highest BCUT2D eigenvalue weighted by Crippen LogP contribution is 2.36. The lowest BCUT2D eigenvalue weighted by Gasteiger charge is -2.37. The van der Waals surface area contributed by atoms with Gasteiger partial charge in [-0.25, -0.2) is 8.78 Å². The van der Waals surface area contributed by atoms with Crippen LogP contribution in [0.1, 0.15) is 43.2 Å². The van der Waals surface area contributed by atoms with Crippen molar-refractivity contribution in [3.8, 4) is 0 Å². The van der Waals surface area contributed by atoms with Crippen LogP contribution in [-0.4, -0.2) is 56.4 Å². The lowest BCUT2D eigenvalue weighted by molar-refractivity contribution is -0.127. The van der Waals surface area contributed by atoms with Gasteiger partial charge in [0.05, 0.1) is 23.1 Å². The van der Waals surface area contributed by atoms with Gasteiger partial charge in [0.15, 0.2) is 0 Å².